The molecule has 1 fully saturated rings. The van der Waals surface area contributed by atoms with Crippen molar-refractivity contribution in [3.8, 4) is 22.8 Å². The van der Waals surface area contributed by atoms with Crippen LogP contribution in [0.3, 0.4) is 0 Å². The van der Waals surface area contributed by atoms with Gasteiger partial charge in [-0.3, -0.25) is 18.7 Å². The van der Waals surface area contributed by atoms with E-state index in [4.69, 9.17) is 4.74 Å². The molecule has 0 aliphatic carbocycles. The molecular formula is C26H27N5O5. The highest BCUT2D eigenvalue weighted by Gasteiger charge is 2.21. The minimum absolute atomic E-state index is 0.0525. The Bertz CT molecular complexity index is 1520. The number of phenolic OH excluding ortho intramolecular Hbond substituents is 1. The van der Waals surface area contributed by atoms with Crippen molar-refractivity contribution in [1.29, 1.82) is 0 Å². The molecule has 10 heteroatoms. The number of rotatable bonds is 5. The molecule has 36 heavy (non-hydrogen) atoms. The zero-order valence-electron chi connectivity index (χ0n) is 20.1. The average molecular weight is 490 g/mol. The maximum absolute atomic E-state index is 12.7. The predicted molar refractivity (Wildman–Crippen MR) is 137 cm³/mol. The van der Waals surface area contributed by atoms with Gasteiger partial charge in [0.2, 0.25) is 0 Å². The molecule has 0 saturated carbocycles. The monoisotopic (exact) mass is 489 g/mol. The van der Waals surface area contributed by atoms with Crippen LogP contribution in [0.4, 0.5) is 5.69 Å². The number of phenols is 1. The smallest absolute Gasteiger partial charge is 0.331 e. The van der Waals surface area contributed by atoms with Crippen LogP contribution < -0.4 is 20.9 Å². The van der Waals surface area contributed by atoms with Crippen molar-refractivity contribution in [3.05, 3.63) is 75.4 Å². The molecule has 2 aromatic heterocycles. The van der Waals surface area contributed by atoms with E-state index in [1.54, 1.807) is 42.3 Å². The number of hydrogen-bond acceptors (Lipinski definition) is 6. The lowest BCUT2D eigenvalue weighted by Gasteiger charge is -2.36. The Hall–Kier alpha value is -4.47. The van der Waals surface area contributed by atoms with Gasteiger partial charge >= 0.3 is 5.69 Å². The Morgan fingerprint density at radius 2 is 1.61 bits per heavy atom. The van der Waals surface area contributed by atoms with Gasteiger partial charge in [0.25, 0.3) is 11.5 Å². The zero-order valence-corrected chi connectivity index (χ0v) is 20.1. The molecule has 1 aliphatic heterocycles. The fraction of sp³-hybridized carbons (Fsp3) is 0.269. The third kappa shape index (κ3) is 4.33. The van der Waals surface area contributed by atoms with Crippen LogP contribution >= 0.6 is 0 Å². The summed E-state index contributed by atoms with van der Waals surface area (Å²) < 4.78 is 8.23. The minimum atomic E-state index is -0.381. The van der Waals surface area contributed by atoms with Crippen LogP contribution in [-0.2, 0) is 18.9 Å². The molecule has 0 bridgehead atoms. The first-order valence-electron chi connectivity index (χ1n) is 11.7. The molecule has 2 N–H and O–H groups in total. The van der Waals surface area contributed by atoms with Crippen molar-refractivity contribution in [2.24, 2.45) is 14.1 Å². The van der Waals surface area contributed by atoms with Crippen molar-refractivity contribution < 1.29 is 14.6 Å². The van der Waals surface area contributed by atoms with E-state index in [1.165, 1.54) is 11.6 Å². The van der Waals surface area contributed by atoms with Crippen LogP contribution in [-0.4, -0.2) is 62.8 Å². The number of carbonyl (C=O) groups excluding carboxylic acids is 1. The number of piperazine rings is 1. The van der Waals surface area contributed by atoms with E-state index in [2.05, 4.69) is 9.88 Å². The summed E-state index contributed by atoms with van der Waals surface area (Å²) in [6.45, 7) is 2.58. The number of aromatic hydroxyl groups is 1. The number of anilines is 1. The molecule has 186 valence electrons. The molecule has 0 atom stereocenters. The molecule has 0 unspecified atom stereocenters. The summed E-state index contributed by atoms with van der Waals surface area (Å²) >= 11 is 0. The number of hydrogen-bond donors (Lipinski definition) is 2. The normalized spacial score (nSPS) is 13.8. The van der Waals surface area contributed by atoms with Crippen LogP contribution in [0.15, 0.2) is 64.2 Å². The average Bonchev–Trinajstić information content (AvgIpc) is 3.36. The summed E-state index contributed by atoms with van der Waals surface area (Å²) in [5, 5.41) is 9.45. The van der Waals surface area contributed by atoms with Crippen molar-refractivity contribution in [3.63, 3.8) is 0 Å². The lowest BCUT2D eigenvalue weighted by Crippen LogP contribution is -2.50. The lowest BCUT2D eigenvalue weighted by atomic mass is 10.1. The standard InChI is InChI=1S/C26H27N5O5/c1-28-22-15-21(27-24(22)25(34)29(2)26(28)35)17-3-9-20(10-4-17)36-16-23(33)31-13-11-30(12-14-31)18-5-7-19(32)8-6-18/h3-10,15,27,32H,11-14,16H2,1-2H3. The van der Waals surface area contributed by atoms with Gasteiger partial charge in [-0.05, 0) is 60.2 Å². The van der Waals surface area contributed by atoms with E-state index in [0.29, 0.717) is 48.7 Å². The van der Waals surface area contributed by atoms with Crippen LogP contribution in [0.1, 0.15) is 0 Å². The Morgan fingerprint density at radius 3 is 2.28 bits per heavy atom. The number of carbonyl (C=O) groups is 1. The number of nitrogens with one attached hydrogen (secondary N) is 1. The van der Waals surface area contributed by atoms with E-state index in [9.17, 15) is 19.5 Å². The first-order valence-corrected chi connectivity index (χ1v) is 11.7. The van der Waals surface area contributed by atoms with E-state index in [0.717, 1.165) is 15.8 Å². The number of nitrogens with zero attached hydrogens (tertiary/aromatic N) is 4. The van der Waals surface area contributed by atoms with Crippen LogP contribution in [0.5, 0.6) is 11.5 Å². The third-order valence-electron chi connectivity index (χ3n) is 6.63. The molecule has 0 spiro atoms. The zero-order chi connectivity index (χ0) is 25.4. The van der Waals surface area contributed by atoms with E-state index < -0.39 is 0 Å². The van der Waals surface area contributed by atoms with Gasteiger partial charge in [0.15, 0.2) is 6.61 Å². The number of H-pyrrole nitrogens is 1. The van der Waals surface area contributed by atoms with E-state index in [1.807, 2.05) is 24.3 Å². The van der Waals surface area contributed by atoms with Crippen LogP contribution in [0.25, 0.3) is 22.3 Å². The van der Waals surface area contributed by atoms with Gasteiger partial charge in [0.1, 0.15) is 17.0 Å². The first-order chi connectivity index (χ1) is 17.3. The summed E-state index contributed by atoms with van der Waals surface area (Å²) in [5.41, 5.74) is 2.70. The molecule has 1 saturated heterocycles. The van der Waals surface area contributed by atoms with Gasteiger partial charge in [0.05, 0.1) is 5.52 Å². The van der Waals surface area contributed by atoms with Crippen LogP contribution in [0, 0.1) is 0 Å². The van der Waals surface area contributed by atoms with E-state index in [-0.39, 0.29) is 29.5 Å². The number of amides is 1. The number of aromatic amines is 1. The summed E-state index contributed by atoms with van der Waals surface area (Å²) in [6, 6.07) is 16.1. The predicted octanol–water partition coefficient (Wildman–Crippen LogP) is 1.67. The molecule has 2 aromatic carbocycles. The maximum atomic E-state index is 12.7. The fourth-order valence-corrected chi connectivity index (χ4v) is 4.45. The van der Waals surface area contributed by atoms with Gasteiger partial charge in [-0.15, -0.1) is 0 Å². The largest absolute Gasteiger partial charge is 0.508 e. The maximum Gasteiger partial charge on any atom is 0.331 e. The second-order valence-electron chi connectivity index (χ2n) is 8.85. The Kier molecular flexibility index (Phi) is 6.01. The molecule has 10 nitrogen and oxygen atoms in total. The van der Waals surface area contributed by atoms with Gasteiger partial charge < -0.3 is 24.6 Å². The molecule has 5 rings (SSSR count). The Balaban J connectivity index is 1.19. The van der Waals surface area contributed by atoms with Gasteiger partial charge in [-0.1, -0.05) is 0 Å². The second kappa shape index (κ2) is 9.29. The quantitative estimate of drug-likeness (QED) is 0.441. The van der Waals surface area contributed by atoms with Crippen LogP contribution in [0.2, 0.25) is 0 Å². The SMILES string of the molecule is Cn1c(=O)c2[nH]c(-c3ccc(OCC(=O)N4CCN(c5ccc(O)cc5)CC4)cc3)cc2n(C)c1=O. The van der Waals surface area contributed by atoms with Gasteiger partial charge in [-0.2, -0.15) is 0 Å². The molecule has 1 aliphatic rings. The highest BCUT2D eigenvalue weighted by Crippen LogP contribution is 2.24. The first kappa shape index (κ1) is 23.3. The molecule has 3 heterocycles. The van der Waals surface area contributed by atoms with Gasteiger partial charge in [0, 0.05) is 51.7 Å². The number of fused-ring (bicyclic) bond motifs is 1. The lowest BCUT2D eigenvalue weighted by molar-refractivity contribution is -0.133. The number of aryl methyl sites for hydroxylation is 1. The second-order valence-corrected chi connectivity index (χ2v) is 8.85. The molecule has 1 amide bonds. The number of aromatic nitrogens is 3. The van der Waals surface area contributed by atoms with Crippen molar-refractivity contribution >= 4 is 22.6 Å². The number of ether oxygens (including phenoxy) is 1. The minimum Gasteiger partial charge on any atom is -0.508 e. The highest BCUT2D eigenvalue weighted by molar-refractivity contribution is 5.82. The van der Waals surface area contributed by atoms with Crippen molar-refractivity contribution in [2.75, 3.05) is 37.7 Å². The summed E-state index contributed by atoms with van der Waals surface area (Å²) in [7, 11) is 3.08. The van der Waals surface area contributed by atoms with Gasteiger partial charge in [-0.25, -0.2) is 4.79 Å². The third-order valence-corrected chi connectivity index (χ3v) is 6.63. The topological polar surface area (TPSA) is 113 Å². The Morgan fingerprint density at radius 1 is 0.944 bits per heavy atom. The summed E-state index contributed by atoms with van der Waals surface area (Å²) in [6.07, 6.45) is 0. The van der Waals surface area contributed by atoms with E-state index >= 15 is 0 Å². The molecule has 4 aromatic rings. The van der Waals surface area contributed by atoms with Crippen molar-refractivity contribution in [1.82, 2.24) is 19.0 Å². The van der Waals surface area contributed by atoms with Crippen molar-refractivity contribution in [2.45, 2.75) is 0 Å². The number of benzene rings is 2. The molecule has 0 radical (unpaired) electrons. The fourth-order valence-electron chi connectivity index (χ4n) is 4.45. The highest BCUT2D eigenvalue weighted by atomic mass is 16.5. The Labute approximate surface area is 206 Å². The molecular weight excluding hydrogens is 462 g/mol. The summed E-state index contributed by atoms with van der Waals surface area (Å²) in [4.78, 5) is 44.3. The summed E-state index contributed by atoms with van der Waals surface area (Å²) in [5.74, 6) is 0.725.